The predicted octanol–water partition coefficient (Wildman–Crippen LogP) is 2.69. The van der Waals surface area contributed by atoms with Gasteiger partial charge in [0.2, 0.25) is 6.79 Å². The van der Waals surface area contributed by atoms with E-state index in [4.69, 9.17) is 14.2 Å². The summed E-state index contributed by atoms with van der Waals surface area (Å²) in [6, 6.07) is 3.81. The lowest BCUT2D eigenvalue weighted by atomic mass is 10.0. The zero-order valence-corrected chi connectivity index (χ0v) is 11.1. The van der Waals surface area contributed by atoms with Crippen LogP contribution in [0.15, 0.2) is 12.1 Å². The van der Waals surface area contributed by atoms with Crippen LogP contribution in [0.4, 0.5) is 0 Å². The molecule has 1 atom stereocenters. The molecule has 0 fully saturated rings. The van der Waals surface area contributed by atoms with Gasteiger partial charge in [0, 0.05) is 11.6 Å². The molecule has 1 aliphatic rings. The maximum atomic E-state index is 9.56. The zero-order valence-electron chi connectivity index (χ0n) is 11.1. The molecule has 4 heteroatoms. The quantitative estimate of drug-likeness (QED) is 0.875. The molecule has 0 amide bonds. The average Bonchev–Trinajstić information content (AvgIpc) is 2.81. The smallest absolute Gasteiger partial charge is 0.231 e. The summed E-state index contributed by atoms with van der Waals surface area (Å²) in [4.78, 5) is 0. The molecule has 0 saturated carbocycles. The van der Waals surface area contributed by atoms with Gasteiger partial charge in [-0.2, -0.15) is 0 Å². The van der Waals surface area contributed by atoms with E-state index in [1.807, 2.05) is 19.1 Å². The van der Waals surface area contributed by atoms with Crippen molar-refractivity contribution in [3.63, 3.8) is 0 Å². The Bertz CT molecular complexity index is 415. The van der Waals surface area contributed by atoms with E-state index in [0.29, 0.717) is 24.7 Å². The van der Waals surface area contributed by atoms with Crippen molar-refractivity contribution < 1.29 is 19.3 Å². The second kappa shape index (κ2) is 5.48. The van der Waals surface area contributed by atoms with Crippen molar-refractivity contribution in [1.82, 2.24) is 0 Å². The Hall–Kier alpha value is -1.42. The molecular formula is C14H20O4. The van der Waals surface area contributed by atoms with Gasteiger partial charge in [0.1, 0.15) is 12.4 Å². The van der Waals surface area contributed by atoms with Crippen LogP contribution in [-0.2, 0) is 0 Å². The van der Waals surface area contributed by atoms with Crippen LogP contribution in [-0.4, -0.2) is 24.6 Å². The fraction of sp³-hybridized carbons (Fsp3) is 0.571. The molecule has 1 aromatic carbocycles. The van der Waals surface area contributed by atoms with Gasteiger partial charge in [-0.15, -0.1) is 0 Å². The highest BCUT2D eigenvalue weighted by molar-refractivity contribution is 5.52. The van der Waals surface area contributed by atoms with Crippen molar-refractivity contribution in [2.45, 2.75) is 39.2 Å². The Morgan fingerprint density at radius 1 is 1.28 bits per heavy atom. The van der Waals surface area contributed by atoms with Crippen LogP contribution in [0.1, 0.15) is 38.7 Å². The Morgan fingerprint density at radius 3 is 2.56 bits per heavy atom. The maximum absolute atomic E-state index is 9.56. The van der Waals surface area contributed by atoms with Crippen molar-refractivity contribution >= 4 is 0 Å². The number of aliphatic hydroxyl groups excluding tert-OH is 1. The van der Waals surface area contributed by atoms with Crippen LogP contribution < -0.4 is 14.2 Å². The number of benzene rings is 1. The highest BCUT2D eigenvalue weighted by Gasteiger charge is 2.20. The summed E-state index contributed by atoms with van der Waals surface area (Å²) in [7, 11) is 0. The molecule has 2 rings (SSSR count). The third-order valence-corrected chi connectivity index (χ3v) is 3.03. The van der Waals surface area contributed by atoms with Crippen molar-refractivity contribution in [2.75, 3.05) is 13.4 Å². The maximum Gasteiger partial charge on any atom is 0.231 e. The zero-order chi connectivity index (χ0) is 13.1. The molecule has 1 aliphatic heterocycles. The van der Waals surface area contributed by atoms with Crippen LogP contribution in [0.5, 0.6) is 17.2 Å². The first kappa shape index (κ1) is 13.0. The van der Waals surface area contributed by atoms with Crippen molar-refractivity contribution in [3.8, 4) is 17.2 Å². The highest BCUT2D eigenvalue weighted by atomic mass is 16.7. The number of hydrogen-bond acceptors (Lipinski definition) is 4. The second-order valence-corrected chi connectivity index (χ2v) is 4.77. The van der Waals surface area contributed by atoms with Crippen molar-refractivity contribution in [1.29, 1.82) is 0 Å². The first-order valence-corrected chi connectivity index (χ1v) is 6.36. The molecule has 0 aliphatic carbocycles. The summed E-state index contributed by atoms with van der Waals surface area (Å²) >= 11 is 0. The number of aliphatic hydroxyl groups is 1. The van der Waals surface area contributed by atoms with Gasteiger partial charge in [-0.3, -0.25) is 0 Å². The average molecular weight is 252 g/mol. The van der Waals surface area contributed by atoms with Gasteiger partial charge in [0.05, 0.1) is 6.10 Å². The normalized spacial score (nSPS) is 14.9. The monoisotopic (exact) mass is 252 g/mol. The fourth-order valence-corrected chi connectivity index (χ4v) is 1.82. The largest absolute Gasteiger partial charge is 0.490 e. The Balaban J connectivity index is 2.21. The van der Waals surface area contributed by atoms with Crippen LogP contribution in [0.3, 0.4) is 0 Å². The first-order valence-electron chi connectivity index (χ1n) is 6.36. The van der Waals surface area contributed by atoms with E-state index < -0.39 is 6.10 Å². The second-order valence-electron chi connectivity index (χ2n) is 4.77. The minimum Gasteiger partial charge on any atom is -0.490 e. The third-order valence-electron chi connectivity index (χ3n) is 3.03. The summed E-state index contributed by atoms with van der Waals surface area (Å²) in [6.45, 7) is 6.68. The summed E-state index contributed by atoms with van der Waals surface area (Å²) in [5, 5.41) is 9.56. The van der Waals surface area contributed by atoms with Crippen LogP contribution >= 0.6 is 0 Å². The molecule has 0 bridgehead atoms. The van der Waals surface area contributed by atoms with Gasteiger partial charge in [-0.1, -0.05) is 20.8 Å². The number of hydrogen-bond donors (Lipinski definition) is 1. The molecule has 0 radical (unpaired) electrons. The predicted molar refractivity (Wildman–Crippen MR) is 68.4 cm³/mol. The lowest BCUT2D eigenvalue weighted by Crippen LogP contribution is -2.16. The molecule has 1 aromatic rings. The summed E-state index contributed by atoms with van der Waals surface area (Å²) in [5.41, 5.74) is 1.07. The number of ether oxygens (including phenoxy) is 3. The molecule has 1 N–H and O–H groups in total. The molecule has 0 unspecified atom stereocenters. The SMILES string of the molecule is CC[C@@H](O)COc1cc2c(cc1C(C)C)OCO2. The Labute approximate surface area is 107 Å². The molecule has 4 nitrogen and oxygen atoms in total. The van der Waals surface area contributed by atoms with Crippen LogP contribution in [0, 0.1) is 0 Å². The van der Waals surface area contributed by atoms with Gasteiger partial charge in [-0.05, 0) is 18.4 Å². The summed E-state index contributed by atoms with van der Waals surface area (Å²) < 4.78 is 16.4. The van der Waals surface area contributed by atoms with Gasteiger partial charge in [0.25, 0.3) is 0 Å². The Kier molecular flexibility index (Phi) is 3.97. The summed E-state index contributed by atoms with van der Waals surface area (Å²) in [6.07, 6.45) is 0.247. The molecular weight excluding hydrogens is 232 g/mol. The van der Waals surface area contributed by atoms with E-state index >= 15 is 0 Å². The van der Waals surface area contributed by atoms with Crippen molar-refractivity contribution in [2.24, 2.45) is 0 Å². The summed E-state index contributed by atoms with van der Waals surface area (Å²) in [5.74, 6) is 2.57. The number of rotatable bonds is 5. The Morgan fingerprint density at radius 2 is 1.94 bits per heavy atom. The van der Waals surface area contributed by atoms with E-state index in [1.54, 1.807) is 0 Å². The minimum absolute atomic E-state index is 0.258. The third kappa shape index (κ3) is 2.70. The van der Waals surface area contributed by atoms with Gasteiger partial charge >= 0.3 is 0 Å². The molecule has 100 valence electrons. The standard InChI is InChI=1S/C14H20O4/c1-4-10(15)7-16-12-6-14-13(17-8-18-14)5-11(12)9(2)3/h5-6,9-10,15H,4,7-8H2,1-3H3/t10-/m1/s1. The minimum atomic E-state index is -0.435. The van der Waals surface area contributed by atoms with Crippen LogP contribution in [0.25, 0.3) is 0 Å². The molecule has 0 saturated heterocycles. The van der Waals surface area contributed by atoms with Crippen LogP contribution in [0.2, 0.25) is 0 Å². The topological polar surface area (TPSA) is 47.9 Å². The lowest BCUT2D eigenvalue weighted by molar-refractivity contribution is 0.103. The van der Waals surface area contributed by atoms with Crippen molar-refractivity contribution in [3.05, 3.63) is 17.7 Å². The van der Waals surface area contributed by atoms with Gasteiger partial charge < -0.3 is 19.3 Å². The first-order chi connectivity index (χ1) is 8.61. The van der Waals surface area contributed by atoms with E-state index in [0.717, 1.165) is 17.1 Å². The van der Waals surface area contributed by atoms with E-state index in [2.05, 4.69) is 13.8 Å². The lowest BCUT2D eigenvalue weighted by Gasteiger charge is -2.16. The fourth-order valence-electron chi connectivity index (χ4n) is 1.82. The molecule has 1 heterocycles. The number of fused-ring (bicyclic) bond motifs is 1. The van der Waals surface area contributed by atoms with E-state index in [-0.39, 0.29) is 6.79 Å². The highest BCUT2D eigenvalue weighted by Crippen LogP contribution is 2.40. The molecule has 0 aromatic heterocycles. The molecule has 0 spiro atoms. The van der Waals surface area contributed by atoms with E-state index in [1.165, 1.54) is 0 Å². The molecule has 18 heavy (non-hydrogen) atoms. The van der Waals surface area contributed by atoms with Gasteiger partial charge in [-0.25, -0.2) is 0 Å². The van der Waals surface area contributed by atoms with Gasteiger partial charge in [0.15, 0.2) is 11.5 Å². The van der Waals surface area contributed by atoms with E-state index in [9.17, 15) is 5.11 Å².